The number of carbonyl (C=O) groups is 1. The molecule has 0 aromatic rings. The van der Waals surface area contributed by atoms with Crippen LogP contribution in [-0.2, 0) is 14.3 Å². The lowest BCUT2D eigenvalue weighted by molar-refractivity contribution is -0.135. The molecule has 0 spiro atoms. The predicted octanol–water partition coefficient (Wildman–Crippen LogP) is 5.17. The SMILES string of the molecule is CCCC[C@H](CC)C[C@]1(CC)C=C(CC)/C(=C/C(=O)OC)O1. The molecule has 0 aromatic heterocycles. The van der Waals surface area contributed by atoms with Gasteiger partial charge in [0.2, 0.25) is 0 Å². The number of esters is 1. The fourth-order valence-corrected chi connectivity index (χ4v) is 3.12. The van der Waals surface area contributed by atoms with E-state index in [9.17, 15) is 4.79 Å². The van der Waals surface area contributed by atoms with Crippen molar-refractivity contribution in [3.05, 3.63) is 23.5 Å². The molecule has 1 aliphatic rings. The number of rotatable bonds is 9. The molecule has 1 rings (SSSR count). The molecule has 0 bridgehead atoms. The fraction of sp³-hybridized carbons (Fsp3) is 0.737. The summed E-state index contributed by atoms with van der Waals surface area (Å²) in [4.78, 5) is 11.5. The number of hydrogen-bond donors (Lipinski definition) is 0. The number of unbranched alkanes of at least 4 members (excludes halogenated alkanes) is 1. The second-order valence-electron chi connectivity index (χ2n) is 6.20. The first kappa shape index (κ1) is 18.8. The standard InChI is InChI=1S/C19H32O3/c1-6-10-11-15(7-2)13-19(9-4)14-16(8-3)17(22-19)12-18(20)21-5/h12,14-15H,6-11,13H2,1-5H3/b17-12-/t15-,19+/m0/s1. The molecular formula is C19H32O3. The van der Waals surface area contributed by atoms with Gasteiger partial charge in [0.05, 0.1) is 13.2 Å². The lowest BCUT2D eigenvalue weighted by Gasteiger charge is -2.30. The maximum atomic E-state index is 11.5. The highest BCUT2D eigenvalue weighted by Gasteiger charge is 2.37. The maximum Gasteiger partial charge on any atom is 0.334 e. The van der Waals surface area contributed by atoms with Gasteiger partial charge in [0.25, 0.3) is 0 Å². The van der Waals surface area contributed by atoms with Crippen molar-refractivity contribution in [1.29, 1.82) is 0 Å². The van der Waals surface area contributed by atoms with E-state index in [1.165, 1.54) is 38.9 Å². The molecule has 0 fully saturated rings. The average Bonchev–Trinajstić information content (AvgIpc) is 2.89. The summed E-state index contributed by atoms with van der Waals surface area (Å²) >= 11 is 0. The van der Waals surface area contributed by atoms with Gasteiger partial charge in [-0.25, -0.2) is 4.79 Å². The van der Waals surface area contributed by atoms with E-state index in [2.05, 4.69) is 33.8 Å². The van der Waals surface area contributed by atoms with Gasteiger partial charge in [-0.15, -0.1) is 0 Å². The van der Waals surface area contributed by atoms with Crippen LogP contribution in [0.15, 0.2) is 23.5 Å². The molecule has 0 amide bonds. The Morgan fingerprint density at radius 2 is 2.09 bits per heavy atom. The first-order chi connectivity index (χ1) is 10.5. The molecule has 126 valence electrons. The van der Waals surface area contributed by atoms with Gasteiger partial charge in [0, 0.05) is 0 Å². The second kappa shape index (κ2) is 9.02. The zero-order valence-electron chi connectivity index (χ0n) is 14.9. The Balaban J connectivity index is 2.92. The van der Waals surface area contributed by atoms with Crippen LogP contribution in [0.4, 0.5) is 0 Å². The number of ether oxygens (including phenoxy) is 2. The van der Waals surface area contributed by atoms with Gasteiger partial charge in [-0.05, 0) is 36.8 Å². The lowest BCUT2D eigenvalue weighted by atomic mass is 9.84. The van der Waals surface area contributed by atoms with Crippen molar-refractivity contribution in [3.8, 4) is 0 Å². The van der Waals surface area contributed by atoms with Crippen LogP contribution in [0.3, 0.4) is 0 Å². The Labute approximate surface area is 135 Å². The van der Waals surface area contributed by atoms with Crippen LogP contribution < -0.4 is 0 Å². The van der Waals surface area contributed by atoms with E-state index in [-0.39, 0.29) is 11.6 Å². The highest BCUT2D eigenvalue weighted by Crippen LogP contribution is 2.41. The molecule has 1 aliphatic heterocycles. The van der Waals surface area contributed by atoms with E-state index in [4.69, 9.17) is 9.47 Å². The summed E-state index contributed by atoms with van der Waals surface area (Å²) in [5.74, 6) is 1.02. The van der Waals surface area contributed by atoms with Crippen molar-refractivity contribution < 1.29 is 14.3 Å². The Morgan fingerprint density at radius 3 is 2.59 bits per heavy atom. The Bertz CT molecular complexity index is 422. The molecule has 0 aromatic carbocycles. The molecule has 0 radical (unpaired) electrons. The largest absolute Gasteiger partial charge is 0.483 e. The summed E-state index contributed by atoms with van der Waals surface area (Å²) in [6, 6.07) is 0. The third-order valence-corrected chi connectivity index (χ3v) is 4.67. The van der Waals surface area contributed by atoms with Crippen molar-refractivity contribution in [2.24, 2.45) is 5.92 Å². The monoisotopic (exact) mass is 308 g/mol. The second-order valence-corrected chi connectivity index (χ2v) is 6.20. The van der Waals surface area contributed by atoms with Gasteiger partial charge in [-0.1, -0.05) is 53.4 Å². The van der Waals surface area contributed by atoms with E-state index in [0.717, 1.165) is 24.8 Å². The normalized spacial score (nSPS) is 24.0. The summed E-state index contributed by atoms with van der Waals surface area (Å²) in [7, 11) is 1.40. The van der Waals surface area contributed by atoms with Crippen molar-refractivity contribution in [2.45, 2.75) is 78.2 Å². The van der Waals surface area contributed by atoms with Crippen LogP contribution in [0.5, 0.6) is 0 Å². The highest BCUT2D eigenvalue weighted by atomic mass is 16.5. The summed E-state index contributed by atoms with van der Waals surface area (Å²) < 4.78 is 11.0. The van der Waals surface area contributed by atoms with E-state index in [0.29, 0.717) is 11.7 Å². The van der Waals surface area contributed by atoms with Crippen LogP contribution in [-0.4, -0.2) is 18.7 Å². The fourth-order valence-electron chi connectivity index (χ4n) is 3.12. The van der Waals surface area contributed by atoms with Crippen molar-refractivity contribution in [2.75, 3.05) is 7.11 Å². The summed E-state index contributed by atoms with van der Waals surface area (Å²) in [5, 5.41) is 0. The molecule has 1 heterocycles. The molecular weight excluding hydrogens is 276 g/mol. The minimum absolute atomic E-state index is 0.250. The van der Waals surface area contributed by atoms with E-state index >= 15 is 0 Å². The zero-order valence-corrected chi connectivity index (χ0v) is 14.9. The Kier molecular flexibility index (Phi) is 7.70. The molecule has 0 saturated heterocycles. The Morgan fingerprint density at radius 1 is 1.36 bits per heavy atom. The smallest absolute Gasteiger partial charge is 0.334 e. The molecule has 0 aliphatic carbocycles. The number of hydrogen-bond acceptors (Lipinski definition) is 3. The first-order valence-electron chi connectivity index (χ1n) is 8.74. The van der Waals surface area contributed by atoms with Gasteiger partial charge in [-0.3, -0.25) is 0 Å². The van der Waals surface area contributed by atoms with Gasteiger partial charge >= 0.3 is 5.97 Å². The summed E-state index contributed by atoms with van der Waals surface area (Å²) in [5.41, 5.74) is 0.872. The third kappa shape index (κ3) is 4.89. The first-order valence-corrected chi connectivity index (χ1v) is 8.74. The minimum Gasteiger partial charge on any atom is -0.483 e. The van der Waals surface area contributed by atoms with Gasteiger partial charge in [-0.2, -0.15) is 0 Å². The number of methoxy groups -OCH3 is 1. The quantitative estimate of drug-likeness (QED) is 0.435. The molecule has 0 saturated carbocycles. The van der Waals surface area contributed by atoms with Crippen LogP contribution >= 0.6 is 0 Å². The summed E-state index contributed by atoms with van der Waals surface area (Å²) in [6.07, 6.45) is 11.5. The van der Waals surface area contributed by atoms with Crippen molar-refractivity contribution in [1.82, 2.24) is 0 Å². The Hall–Kier alpha value is -1.25. The average molecular weight is 308 g/mol. The number of allylic oxidation sites excluding steroid dienone is 1. The molecule has 0 N–H and O–H groups in total. The number of carbonyl (C=O) groups excluding carboxylic acids is 1. The minimum atomic E-state index is -0.348. The zero-order chi connectivity index (χ0) is 16.6. The molecule has 3 nitrogen and oxygen atoms in total. The van der Waals surface area contributed by atoms with Crippen molar-refractivity contribution in [3.63, 3.8) is 0 Å². The van der Waals surface area contributed by atoms with Crippen LogP contribution in [0.1, 0.15) is 72.6 Å². The molecule has 22 heavy (non-hydrogen) atoms. The highest BCUT2D eigenvalue weighted by molar-refractivity contribution is 5.83. The maximum absolute atomic E-state index is 11.5. The lowest BCUT2D eigenvalue weighted by Crippen LogP contribution is -2.29. The molecule has 0 unspecified atom stereocenters. The molecule has 2 atom stereocenters. The van der Waals surface area contributed by atoms with Gasteiger partial charge < -0.3 is 9.47 Å². The van der Waals surface area contributed by atoms with E-state index < -0.39 is 0 Å². The predicted molar refractivity (Wildman–Crippen MR) is 90.5 cm³/mol. The van der Waals surface area contributed by atoms with Crippen LogP contribution in [0.25, 0.3) is 0 Å². The van der Waals surface area contributed by atoms with Crippen molar-refractivity contribution >= 4 is 5.97 Å². The topological polar surface area (TPSA) is 35.5 Å². The van der Waals surface area contributed by atoms with E-state index in [1.54, 1.807) is 0 Å². The van der Waals surface area contributed by atoms with Crippen LogP contribution in [0.2, 0.25) is 0 Å². The summed E-state index contributed by atoms with van der Waals surface area (Å²) in [6.45, 7) is 8.76. The third-order valence-electron chi connectivity index (χ3n) is 4.67. The van der Waals surface area contributed by atoms with Gasteiger partial charge in [0.15, 0.2) is 0 Å². The molecule has 3 heteroatoms. The van der Waals surface area contributed by atoms with Crippen LogP contribution in [0, 0.1) is 5.92 Å². The van der Waals surface area contributed by atoms with Gasteiger partial charge in [0.1, 0.15) is 11.4 Å². The van der Waals surface area contributed by atoms with E-state index in [1.807, 2.05) is 0 Å².